The minimum atomic E-state index is 0. The van der Waals surface area contributed by atoms with Gasteiger partial charge in [-0.15, -0.1) is 0 Å². The Balaban J connectivity index is 0.00000578. The monoisotopic (exact) mass is 504 g/mol. The van der Waals surface area contributed by atoms with E-state index in [1.54, 1.807) is 0 Å². The molecule has 0 fully saturated rings. The maximum Gasteiger partial charge on any atom is 0.0639 e. The van der Waals surface area contributed by atoms with E-state index in [0.29, 0.717) is 0 Å². The molecule has 0 unspecified atom stereocenters. The van der Waals surface area contributed by atoms with Crippen molar-refractivity contribution in [1.82, 2.24) is 0 Å². The average Bonchev–Trinajstić information content (AvgIpc) is 2.84. The summed E-state index contributed by atoms with van der Waals surface area (Å²) < 4.78 is 0. The summed E-state index contributed by atoms with van der Waals surface area (Å²) >= 11 is 0. The first-order valence-electron chi connectivity index (χ1n) is 13.5. The number of aliphatic imine (C=N–C) groups is 2. The molecule has 2 aromatic rings. The molecule has 0 aliphatic carbocycles. The third kappa shape index (κ3) is 11.6. The van der Waals surface area contributed by atoms with Gasteiger partial charge in [-0.1, -0.05) is 84.1 Å². The van der Waals surface area contributed by atoms with Gasteiger partial charge in [0, 0.05) is 16.5 Å². The van der Waals surface area contributed by atoms with E-state index in [4.69, 9.17) is 9.98 Å². The van der Waals surface area contributed by atoms with Gasteiger partial charge in [-0.05, 0) is 86.8 Å². The molecule has 0 aromatic heterocycles. The molecule has 0 atom stereocenters. The molecule has 0 saturated heterocycles. The molecule has 2 rings (SSSR count). The Hall–Kier alpha value is -1.73. The van der Waals surface area contributed by atoms with E-state index in [1.807, 2.05) is 0 Å². The maximum absolute atomic E-state index is 5.30. The number of benzene rings is 2. The molecular weight excluding hydrogens is 459 g/mol. The van der Waals surface area contributed by atoms with Crippen molar-refractivity contribution in [2.24, 2.45) is 9.98 Å². The zero-order valence-electron chi connectivity index (χ0n) is 22.0. The molecule has 2 nitrogen and oxygen atoms in total. The fraction of sp³-hybridized carbons (Fsp3) is 0.548. The van der Waals surface area contributed by atoms with Crippen molar-refractivity contribution < 1.29 is 16.5 Å². The summed E-state index contributed by atoms with van der Waals surface area (Å²) in [5, 5.41) is 0. The smallest absolute Gasteiger partial charge is 0.0639 e. The van der Waals surface area contributed by atoms with Crippen LogP contribution in [0.4, 0.5) is 11.4 Å². The Labute approximate surface area is 219 Å². The Morgan fingerprint density at radius 1 is 0.559 bits per heavy atom. The second-order valence-electron chi connectivity index (χ2n) is 9.23. The molecule has 0 amide bonds. The van der Waals surface area contributed by atoms with E-state index in [-0.39, 0.29) is 16.5 Å². The molecule has 0 spiro atoms. The third-order valence-corrected chi connectivity index (χ3v) is 6.08. The summed E-state index contributed by atoms with van der Waals surface area (Å²) in [5.41, 5.74) is 7.40. The first-order valence-corrected chi connectivity index (χ1v) is 13.5. The zero-order chi connectivity index (χ0) is 23.7. The number of aryl methyl sites for hydroxylation is 2. The molecule has 0 heterocycles. The van der Waals surface area contributed by atoms with Crippen molar-refractivity contribution in [3.63, 3.8) is 0 Å². The summed E-state index contributed by atoms with van der Waals surface area (Å²) in [4.78, 5) is 10.4. The second kappa shape index (κ2) is 18.6. The standard InChI is InChI=1S/C31H46N2.Ni/c1-5-9-14-22-31(30(21-12-8-4)32-28-19-15-13-16-20-28)33-29-24-26(17-10-6-2)23-27(25-29)18-11-7-3;/h13,15-16,19-20,23-25H,5-12,14,17-18,21-22H2,1-4H3;/b32-30+,33-31+;. The summed E-state index contributed by atoms with van der Waals surface area (Å²) in [6.45, 7) is 9.06. The summed E-state index contributed by atoms with van der Waals surface area (Å²) in [7, 11) is 0. The van der Waals surface area contributed by atoms with E-state index in [1.165, 1.54) is 73.9 Å². The van der Waals surface area contributed by atoms with Gasteiger partial charge in [0.15, 0.2) is 0 Å². The summed E-state index contributed by atoms with van der Waals surface area (Å²) in [5.74, 6) is 0. The molecule has 190 valence electrons. The van der Waals surface area contributed by atoms with Crippen molar-refractivity contribution in [3.05, 3.63) is 59.7 Å². The van der Waals surface area contributed by atoms with Crippen LogP contribution >= 0.6 is 0 Å². The van der Waals surface area contributed by atoms with Gasteiger partial charge in [0.2, 0.25) is 0 Å². The van der Waals surface area contributed by atoms with Gasteiger partial charge in [-0.25, -0.2) is 0 Å². The van der Waals surface area contributed by atoms with Crippen LogP contribution in [0.1, 0.15) is 109 Å². The summed E-state index contributed by atoms with van der Waals surface area (Å²) in [6, 6.07) is 17.5. The van der Waals surface area contributed by atoms with Crippen molar-refractivity contribution in [2.45, 2.75) is 111 Å². The first-order chi connectivity index (χ1) is 16.2. The van der Waals surface area contributed by atoms with Crippen LogP contribution in [0.15, 0.2) is 58.5 Å². The normalized spacial score (nSPS) is 12.0. The van der Waals surface area contributed by atoms with Gasteiger partial charge in [0.25, 0.3) is 0 Å². The fourth-order valence-electron chi connectivity index (χ4n) is 4.09. The van der Waals surface area contributed by atoms with Crippen molar-refractivity contribution in [3.8, 4) is 0 Å². The van der Waals surface area contributed by atoms with E-state index >= 15 is 0 Å². The van der Waals surface area contributed by atoms with Gasteiger partial charge in [0.05, 0.1) is 22.8 Å². The molecule has 34 heavy (non-hydrogen) atoms. The van der Waals surface area contributed by atoms with Crippen molar-refractivity contribution >= 4 is 22.8 Å². The van der Waals surface area contributed by atoms with Crippen LogP contribution in [0.2, 0.25) is 0 Å². The van der Waals surface area contributed by atoms with Gasteiger partial charge < -0.3 is 0 Å². The maximum atomic E-state index is 5.30. The predicted octanol–water partition coefficient (Wildman–Crippen LogP) is 9.98. The zero-order valence-corrected chi connectivity index (χ0v) is 23.0. The van der Waals surface area contributed by atoms with Crippen LogP contribution in [-0.4, -0.2) is 11.4 Å². The molecule has 2 aromatic carbocycles. The van der Waals surface area contributed by atoms with Crippen LogP contribution in [0.3, 0.4) is 0 Å². The van der Waals surface area contributed by atoms with Gasteiger partial charge >= 0.3 is 0 Å². The van der Waals surface area contributed by atoms with E-state index < -0.39 is 0 Å². The quantitative estimate of drug-likeness (QED) is 0.123. The Kier molecular flexibility index (Phi) is 16.6. The number of para-hydroxylation sites is 1. The molecule has 0 N–H and O–H groups in total. The van der Waals surface area contributed by atoms with Gasteiger partial charge in [0.1, 0.15) is 0 Å². The number of unbranched alkanes of at least 4 members (excludes halogenated alkanes) is 5. The number of hydrogen-bond donors (Lipinski definition) is 0. The van der Waals surface area contributed by atoms with Crippen LogP contribution < -0.4 is 0 Å². The van der Waals surface area contributed by atoms with E-state index in [9.17, 15) is 0 Å². The first kappa shape index (κ1) is 30.3. The molecule has 3 heteroatoms. The topological polar surface area (TPSA) is 24.7 Å². The predicted molar refractivity (Wildman–Crippen MR) is 148 cm³/mol. The Bertz CT molecular complexity index is 829. The van der Waals surface area contributed by atoms with Gasteiger partial charge in [-0.2, -0.15) is 0 Å². The number of hydrogen-bond acceptors (Lipinski definition) is 2. The summed E-state index contributed by atoms with van der Waals surface area (Å²) in [6.07, 6.45) is 15.2. The van der Waals surface area contributed by atoms with E-state index in [2.05, 4.69) is 76.2 Å². The molecule has 0 saturated carbocycles. The van der Waals surface area contributed by atoms with Crippen LogP contribution in [0, 0.1) is 0 Å². The molecule has 0 radical (unpaired) electrons. The molecule has 0 aliphatic heterocycles. The number of nitrogens with zero attached hydrogens (tertiary/aromatic N) is 2. The third-order valence-electron chi connectivity index (χ3n) is 6.08. The largest absolute Gasteiger partial charge is 0.252 e. The average molecular weight is 505 g/mol. The van der Waals surface area contributed by atoms with Crippen molar-refractivity contribution in [2.75, 3.05) is 0 Å². The van der Waals surface area contributed by atoms with Crippen molar-refractivity contribution in [1.29, 1.82) is 0 Å². The Morgan fingerprint density at radius 3 is 1.59 bits per heavy atom. The van der Waals surface area contributed by atoms with E-state index in [0.717, 1.165) is 43.5 Å². The van der Waals surface area contributed by atoms with Crippen LogP contribution in [0.25, 0.3) is 0 Å². The fourth-order valence-corrected chi connectivity index (χ4v) is 4.09. The molecule has 0 aliphatic rings. The van der Waals surface area contributed by atoms with Gasteiger partial charge in [-0.3, -0.25) is 9.98 Å². The van der Waals surface area contributed by atoms with Crippen LogP contribution in [-0.2, 0) is 29.3 Å². The minimum absolute atomic E-state index is 0. The second-order valence-corrected chi connectivity index (χ2v) is 9.23. The molecular formula is C31H46N2Ni. The van der Waals surface area contributed by atoms with Crippen LogP contribution in [0.5, 0.6) is 0 Å². The molecule has 0 bridgehead atoms. The SMILES string of the molecule is CCCCCC(=N\c1cc(CCCC)cc(CCCC)c1)/C(CCCC)=N/c1ccccc1.[Ni]. The number of rotatable bonds is 16. The minimum Gasteiger partial charge on any atom is -0.252 e. The Morgan fingerprint density at radius 2 is 1.06 bits per heavy atom.